The van der Waals surface area contributed by atoms with E-state index in [1.807, 2.05) is 13.0 Å². The first kappa shape index (κ1) is 27.9. The third kappa shape index (κ3) is 4.90. The van der Waals surface area contributed by atoms with Crippen LogP contribution in [0.15, 0.2) is 47.4 Å². The molecule has 0 N–H and O–H groups in total. The molecule has 0 saturated heterocycles. The summed E-state index contributed by atoms with van der Waals surface area (Å²) >= 11 is 6.00. The lowest BCUT2D eigenvalue weighted by Crippen LogP contribution is -2.44. The Morgan fingerprint density at radius 3 is 2.42 bits per heavy atom. The number of carbonyl (C=O) groups is 2. The van der Waals surface area contributed by atoms with Crippen LogP contribution in [-0.2, 0) is 19.5 Å². The number of nitrogens with zero attached hydrogens (tertiary/aromatic N) is 5. The van der Waals surface area contributed by atoms with Crippen molar-refractivity contribution in [3.05, 3.63) is 81.1 Å². The molecule has 1 unspecified atom stereocenters. The van der Waals surface area contributed by atoms with Crippen LogP contribution in [0.4, 0.5) is 19.4 Å². The number of halogens is 6. The molecule has 14 heteroatoms. The molecule has 0 radical (unpaired) electrons. The molecule has 3 aromatic rings. The van der Waals surface area contributed by atoms with Crippen LogP contribution in [0.2, 0.25) is 5.02 Å². The van der Waals surface area contributed by atoms with Crippen molar-refractivity contribution in [2.45, 2.75) is 50.3 Å². The summed E-state index contributed by atoms with van der Waals surface area (Å²) < 4.78 is 67.3. The number of aromatic nitrogens is 2. The molecule has 2 aliphatic rings. The molecule has 0 aliphatic carbocycles. The number of rotatable bonds is 4. The van der Waals surface area contributed by atoms with E-state index in [-0.39, 0.29) is 52.4 Å². The van der Waals surface area contributed by atoms with Gasteiger partial charge in [-0.05, 0) is 49.7 Å². The van der Waals surface area contributed by atoms with E-state index in [1.165, 1.54) is 23.1 Å². The first-order valence-electron chi connectivity index (χ1n) is 12.2. The van der Waals surface area contributed by atoms with Crippen molar-refractivity contribution in [2.75, 3.05) is 6.54 Å². The van der Waals surface area contributed by atoms with Crippen LogP contribution < -0.4 is 0 Å². The Kier molecular flexibility index (Phi) is 6.06. The highest BCUT2D eigenvalue weighted by Crippen LogP contribution is 3.02. The smallest absolute Gasteiger partial charge is 0.310 e. The van der Waals surface area contributed by atoms with E-state index in [9.17, 15) is 34.3 Å². The van der Waals surface area contributed by atoms with Crippen LogP contribution >= 0.6 is 21.8 Å². The van der Waals surface area contributed by atoms with Crippen molar-refractivity contribution in [2.24, 2.45) is 0 Å². The maximum Gasteiger partial charge on any atom is 0.310 e. The minimum atomic E-state index is -9.81. The van der Waals surface area contributed by atoms with Crippen LogP contribution in [0.3, 0.4) is 0 Å². The number of hydrogen-bond donors (Lipinski definition) is 0. The molecule has 40 heavy (non-hydrogen) atoms. The summed E-state index contributed by atoms with van der Waals surface area (Å²) in [6, 6.07) is 7.99. The largest absolute Gasteiger partial charge is 0.331 e. The summed E-state index contributed by atoms with van der Waals surface area (Å²) in [5, 5.41) is 14.1. The van der Waals surface area contributed by atoms with Gasteiger partial charge in [0, 0.05) is 30.1 Å². The van der Waals surface area contributed by atoms with E-state index in [4.69, 9.17) is 11.6 Å². The third-order valence-electron chi connectivity index (χ3n) is 7.37. The van der Waals surface area contributed by atoms with Gasteiger partial charge in [-0.15, -0.1) is 0 Å². The highest BCUT2D eigenvalue weighted by Gasteiger charge is 2.65. The number of hydrogen-bond acceptors (Lipinski definition) is 4. The molecule has 0 bridgehead atoms. The SMILES string of the molecule is CC(c1ccc(S(F)(F)(F)(F)F)cc1)N1CCn2nc3c(c2C1=O)CN(C(=O)c1ccc(Cl)c(C#N)c1)[C@H](C)C3. The topological polar surface area (TPSA) is 82.2 Å². The number of benzene rings is 2. The zero-order chi connectivity index (χ0) is 29.3. The van der Waals surface area contributed by atoms with E-state index in [0.29, 0.717) is 36.4 Å². The molecule has 2 amide bonds. The van der Waals surface area contributed by atoms with Gasteiger partial charge in [0.2, 0.25) is 0 Å². The third-order valence-corrected chi connectivity index (χ3v) is 8.86. The predicted octanol–water partition coefficient (Wildman–Crippen LogP) is 6.87. The minimum Gasteiger partial charge on any atom is -0.331 e. The zero-order valence-corrected chi connectivity index (χ0v) is 22.8. The molecule has 0 saturated carbocycles. The van der Waals surface area contributed by atoms with E-state index in [1.54, 1.807) is 16.5 Å². The molecule has 3 heterocycles. The second-order valence-corrected chi connectivity index (χ2v) is 12.8. The molecule has 5 rings (SSSR count). The summed E-state index contributed by atoms with van der Waals surface area (Å²) in [5.74, 6) is -0.770. The number of nitriles is 1. The number of carbonyl (C=O) groups excluding carboxylic acids is 2. The summed E-state index contributed by atoms with van der Waals surface area (Å²) in [6.45, 7) is 4.06. The number of amides is 2. The Labute approximate surface area is 231 Å². The lowest BCUT2D eigenvalue weighted by atomic mass is 9.97. The molecular formula is C26H23ClF5N5O2S. The van der Waals surface area contributed by atoms with Crippen LogP contribution in [0.25, 0.3) is 0 Å². The van der Waals surface area contributed by atoms with Crippen molar-refractivity contribution < 1.29 is 29.0 Å². The van der Waals surface area contributed by atoms with Gasteiger partial charge in [-0.25, -0.2) is 0 Å². The van der Waals surface area contributed by atoms with Crippen molar-refractivity contribution >= 4 is 33.6 Å². The van der Waals surface area contributed by atoms with Crippen LogP contribution in [-0.4, -0.2) is 44.0 Å². The average molecular weight is 600 g/mol. The van der Waals surface area contributed by atoms with Gasteiger partial charge in [0.15, 0.2) is 0 Å². The highest BCUT2D eigenvalue weighted by atomic mass is 35.5. The Hall–Kier alpha value is -3.63. The highest BCUT2D eigenvalue weighted by molar-refractivity contribution is 8.45. The lowest BCUT2D eigenvalue weighted by Gasteiger charge is -2.40. The van der Waals surface area contributed by atoms with Gasteiger partial charge in [0.1, 0.15) is 16.7 Å². The van der Waals surface area contributed by atoms with E-state index in [0.717, 1.165) is 12.1 Å². The molecule has 0 fully saturated rings. The molecule has 1 aromatic heterocycles. The summed E-state index contributed by atoms with van der Waals surface area (Å²) in [7, 11) is -9.81. The lowest BCUT2D eigenvalue weighted by molar-refractivity contribution is 0.0605. The Morgan fingerprint density at radius 2 is 1.80 bits per heavy atom. The van der Waals surface area contributed by atoms with Gasteiger partial charge in [-0.2, -0.15) is 10.4 Å². The monoisotopic (exact) mass is 599 g/mol. The normalized spacial score (nSPS) is 19.7. The van der Waals surface area contributed by atoms with Gasteiger partial charge in [-0.3, -0.25) is 14.3 Å². The molecule has 212 valence electrons. The fourth-order valence-electron chi connectivity index (χ4n) is 5.17. The second kappa shape index (κ2) is 8.68. The number of fused-ring (bicyclic) bond motifs is 3. The molecule has 2 aromatic carbocycles. The molecule has 7 nitrogen and oxygen atoms in total. The fraction of sp³-hybridized carbons (Fsp3) is 0.308. The van der Waals surface area contributed by atoms with Crippen molar-refractivity contribution in [3.63, 3.8) is 0 Å². The maximum atomic E-state index is 13.7. The van der Waals surface area contributed by atoms with Crippen molar-refractivity contribution in [1.29, 1.82) is 5.26 Å². The first-order valence-corrected chi connectivity index (χ1v) is 14.6. The van der Waals surface area contributed by atoms with Gasteiger partial charge < -0.3 is 9.80 Å². The van der Waals surface area contributed by atoms with Crippen molar-refractivity contribution in [3.8, 4) is 6.07 Å². The Balaban J connectivity index is 1.42. The summed E-state index contributed by atoms with van der Waals surface area (Å²) in [5.41, 5.74) is 2.21. The van der Waals surface area contributed by atoms with Crippen LogP contribution in [0.5, 0.6) is 0 Å². The molecule has 2 atom stereocenters. The molecule has 0 spiro atoms. The van der Waals surface area contributed by atoms with E-state index < -0.39 is 27.1 Å². The zero-order valence-electron chi connectivity index (χ0n) is 21.3. The maximum absolute atomic E-state index is 13.7. The Morgan fingerprint density at radius 1 is 1.12 bits per heavy atom. The van der Waals surface area contributed by atoms with Crippen LogP contribution in [0, 0.1) is 11.3 Å². The molecular weight excluding hydrogens is 577 g/mol. The fourth-order valence-corrected chi connectivity index (χ4v) is 5.98. The van der Waals surface area contributed by atoms with Gasteiger partial charge in [0.25, 0.3) is 11.8 Å². The van der Waals surface area contributed by atoms with Crippen LogP contribution in [0.1, 0.15) is 63.1 Å². The predicted molar refractivity (Wildman–Crippen MR) is 139 cm³/mol. The first-order chi connectivity index (χ1) is 18.5. The average Bonchev–Trinajstić information content (AvgIpc) is 3.24. The second-order valence-electron chi connectivity index (χ2n) is 10.0. The van der Waals surface area contributed by atoms with E-state index in [2.05, 4.69) is 5.10 Å². The Bertz CT molecular complexity index is 1600. The van der Waals surface area contributed by atoms with Gasteiger partial charge in [-0.1, -0.05) is 43.2 Å². The van der Waals surface area contributed by atoms with Gasteiger partial charge in [0.05, 0.1) is 35.4 Å². The van der Waals surface area contributed by atoms with E-state index >= 15 is 0 Å². The summed E-state index contributed by atoms with van der Waals surface area (Å²) in [6.07, 6.45) is 0.387. The van der Waals surface area contributed by atoms with Crippen molar-refractivity contribution in [1.82, 2.24) is 19.6 Å². The standard InChI is InChI=1S/C26H23ClF5N5O2S/c1-15-11-23-21(14-36(15)25(38)18-5-8-22(27)19(12-18)13-33)24-26(39)35(9-10-37(24)34-23)16(2)17-3-6-20(7-4-17)40(28,29,30,31)32/h3-8,12,15-16H,9-11,14H2,1-2H3/t15-,16?/m1/s1. The minimum absolute atomic E-state index is 0.0851. The summed E-state index contributed by atoms with van der Waals surface area (Å²) in [4.78, 5) is 28.1. The molecule has 2 aliphatic heterocycles. The van der Waals surface area contributed by atoms with Gasteiger partial charge >= 0.3 is 10.2 Å². The quantitative estimate of drug-likeness (QED) is 0.307.